The molecule has 0 aromatic heterocycles. The standard InChI is InChI=1S/C42H54O4.C24H24O4/c1-23(2)39(43)19-27-9-10-28(20-40(44)24(3)4)36-16-32-14-34-18-38-30(22-42(46)26(7)8)12-11-29(21-41(45)25(5)6)37(38)17-33(34)13-31(32)15-35(27)36;1-3-23(25)27-21-13-19-11-17-9-15-7-5-6-8-16(15)10-18(17)12-20(19)14-22(21)28-24(26)4-2/h13-18,23-30H,9-12,19-22H2,1-8H3;5-12,21-22H,3-4,13-14H2,1-2H3. The molecule has 0 heterocycles. The Labute approximate surface area is 438 Å². The summed E-state index contributed by atoms with van der Waals surface area (Å²) < 4.78 is 11.2. The van der Waals surface area contributed by atoms with Crippen LogP contribution in [-0.4, -0.2) is 47.3 Å². The van der Waals surface area contributed by atoms with Crippen LogP contribution >= 0.6 is 0 Å². The van der Waals surface area contributed by atoms with Crippen molar-refractivity contribution in [2.75, 3.05) is 0 Å². The van der Waals surface area contributed by atoms with E-state index in [0.29, 0.717) is 74.5 Å². The van der Waals surface area contributed by atoms with Crippen molar-refractivity contribution in [1.29, 1.82) is 0 Å². The number of rotatable bonds is 16. The van der Waals surface area contributed by atoms with Crippen molar-refractivity contribution < 1.29 is 38.2 Å². The van der Waals surface area contributed by atoms with Gasteiger partial charge < -0.3 is 9.47 Å². The molecule has 3 aliphatic carbocycles. The number of ketones is 4. The van der Waals surface area contributed by atoms with Gasteiger partial charge in [-0.1, -0.05) is 130 Å². The molecular formula is C66H78O8. The molecular weight excluding hydrogens is 921 g/mol. The van der Waals surface area contributed by atoms with Gasteiger partial charge in [-0.3, -0.25) is 28.8 Å². The van der Waals surface area contributed by atoms with E-state index in [4.69, 9.17) is 9.47 Å². The Morgan fingerprint density at radius 1 is 0.392 bits per heavy atom. The molecule has 0 bridgehead atoms. The Kier molecular flexibility index (Phi) is 17.0. The van der Waals surface area contributed by atoms with Crippen LogP contribution in [0.5, 0.6) is 0 Å². The summed E-state index contributed by atoms with van der Waals surface area (Å²) in [6, 6.07) is 30.8. The second-order valence-electron chi connectivity index (χ2n) is 23.1. The highest BCUT2D eigenvalue weighted by molar-refractivity contribution is 6.01. The van der Waals surface area contributed by atoms with Crippen molar-refractivity contribution in [3.05, 3.63) is 118 Å². The van der Waals surface area contributed by atoms with Gasteiger partial charge in [-0.25, -0.2) is 0 Å². The molecule has 390 valence electrons. The van der Waals surface area contributed by atoms with Crippen LogP contribution < -0.4 is 0 Å². The highest BCUT2D eigenvalue weighted by Gasteiger charge is 2.36. The monoisotopic (exact) mass is 999 g/mol. The minimum absolute atomic E-state index is 0.00875. The lowest BCUT2D eigenvalue weighted by molar-refractivity contribution is -0.168. The zero-order valence-electron chi connectivity index (χ0n) is 45.6. The van der Waals surface area contributed by atoms with Crippen LogP contribution in [0.2, 0.25) is 0 Å². The maximum atomic E-state index is 12.9. The van der Waals surface area contributed by atoms with E-state index in [-0.39, 0.29) is 59.3 Å². The van der Waals surface area contributed by atoms with Crippen molar-refractivity contribution in [3.8, 4) is 0 Å². The molecule has 0 saturated heterocycles. The first-order chi connectivity index (χ1) is 35.3. The van der Waals surface area contributed by atoms with Crippen molar-refractivity contribution in [2.24, 2.45) is 23.7 Å². The fourth-order valence-electron chi connectivity index (χ4n) is 11.7. The third kappa shape index (κ3) is 12.2. The second-order valence-corrected chi connectivity index (χ2v) is 23.1. The van der Waals surface area contributed by atoms with Gasteiger partial charge in [0.05, 0.1) is 0 Å². The Balaban J connectivity index is 0.000000221. The average molecular weight is 999 g/mol. The van der Waals surface area contributed by atoms with Gasteiger partial charge in [0.1, 0.15) is 35.3 Å². The number of Topliss-reactive ketones (excluding diaryl/α,β-unsaturated/α-hetero) is 4. The van der Waals surface area contributed by atoms with E-state index in [2.05, 4.69) is 72.8 Å². The van der Waals surface area contributed by atoms with Gasteiger partial charge >= 0.3 is 11.9 Å². The van der Waals surface area contributed by atoms with Gasteiger partial charge in [0, 0.05) is 75.0 Å². The molecule has 0 amide bonds. The molecule has 8 nitrogen and oxygen atoms in total. The number of fused-ring (bicyclic) bond motifs is 7. The molecule has 74 heavy (non-hydrogen) atoms. The lowest BCUT2D eigenvalue weighted by Gasteiger charge is -2.33. The smallest absolute Gasteiger partial charge is 0.305 e. The van der Waals surface area contributed by atoms with Crippen molar-refractivity contribution in [3.63, 3.8) is 0 Å². The molecule has 8 heteroatoms. The van der Waals surface area contributed by atoms with Crippen molar-refractivity contribution in [1.82, 2.24) is 0 Å². The maximum Gasteiger partial charge on any atom is 0.305 e. The van der Waals surface area contributed by atoms with Crippen LogP contribution in [0.1, 0.15) is 190 Å². The summed E-state index contributed by atoms with van der Waals surface area (Å²) in [6.07, 6.45) is 6.75. The highest BCUT2D eigenvalue weighted by atomic mass is 16.6. The van der Waals surface area contributed by atoms with Gasteiger partial charge in [0.25, 0.3) is 0 Å². The van der Waals surface area contributed by atoms with Gasteiger partial charge in [-0.15, -0.1) is 0 Å². The number of hydrogen-bond acceptors (Lipinski definition) is 8. The van der Waals surface area contributed by atoms with Crippen LogP contribution in [0.15, 0.2) is 84.9 Å². The first-order valence-corrected chi connectivity index (χ1v) is 27.8. The molecule has 9 rings (SSSR count). The van der Waals surface area contributed by atoms with E-state index in [1.807, 2.05) is 67.5 Å². The lowest BCUT2D eigenvalue weighted by Crippen LogP contribution is -2.41. The average Bonchev–Trinajstić information content (AvgIpc) is 3.37. The molecule has 0 saturated carbocycles. The van der Waals surface area contributed by atoms with Gasteiger partial charge in [0.2, 0.25) is 0 Å². The number of carbonyl (C=O) groups excluding carboxylic acids is 6. The van der Waals surface area contributed by atoms with Crippen LogP contribution in [0, 0.1) is 23.7 Å². The third-order valence-electron chi connectivity index (χ3n) is 16.5. The fraction of sp³-hybridized carbons (Fsp3) is 0.485. The minimum atomic E-state index is -0.437. The topological polar surface area (TPSA) is 121 Å². The zero-order chi connectivity index (χ0) is 53.1. The molecule has 0 fully saturated rings. The van der Waals surface area contributed by atoms with Crippen molar-refractivity contribution >= 4 is 78.2 Å². The molecule has 6 aromatic rings. The third-order valence-corrected chi connectivity index (χ3v) is 16.5. The molecule has 6 aromatic carbocycles. The van der Waals surface area contributed by atoms with Gasteiger partial charge in [-0.2, -0.15) is 0 Å². The number of benzene rings is 6. The summed E-state index contributed by atoms with van der Waals surface area (Å²) >= 11 is 0. The first-order valence-electron chi connectivity index (χ1n) is 27.8. The maximum absolute atomic E-state index is 12.9. The number of carbonyl (C=O) groups is 6. The quantitative estimate of drug-likeness (QED) is 0.0694. The van der Waals surface area contributed by atoms with E-state index in [9.17, 15) is 28.8 Å². The van der Waals surface area contributed by atoms with Crippen LogP contribution in [0.3, 0.4) is 0 Å². The van der Waals surface area contributed by atoms with Crippen LogP contribution in [-0.2, 0) is 51.1 Å². The Hall–Kier alpha value is -6.02. The number of ether oxygens (including phenoxy) is 2. The predicted molar refractivity (Wildman–Crippen MR) is 298 cm³/mol. The molecule has 6 atom stereocenters. The predicted octanol–water partition coefficient (Wildman–Crippen LogP) is 15.1. The normalized spacial score (nSPS) is 20.3. The molecule has 0 spiro atoms. The molecule has 0 N–H and O–H groups in total. The summed E-state index contributed by atoms with van der Waals surface area (Å²) in [7, 11) is 0. The molecule has 3 aliphatic rings. The van der Waals surface area contributed by atoms with Crippen molar-refractivity contribution in [2.45, 2.75) is 182 Å². The second kappa shape index (κ2) is 23.3. The minimum Gasteiger partial charge on any atom is -0.458 e. The van der Waals surface area contributed by atoms with E-state index >= 15 is 0 Å². The van der Waals surface area contributed by atoms with E-state index in [0.717, 1.165) is 58.4 Å². The fourth-order valence-corrected chi connectivity index (χ4v) is 11.7. The Bertz CT molecular complexity index is 2790. The largest absolute Gasteiger partial charge is 0.458 e. The molecule has 0 aliphatic heterocycles. The summed E-state index contributed by atoms with van der Waals surface area (Å²) in [5.74, 6) is 1.37. The Morgan fingerprint density at radius 2 is 0.649 bits per heavy atom. The van der Waals surface area contributed by atoms with Crippen LogP contribution in [0.4, 0.5) is 0 Å². The van der Waals surface area contributed by atoms with Crippen LogP contribution in [0.25, 0.3) is 43.1 Å². The summed E-state index contributed by atoms with van der Waals surface area (Å²) in [4.78, 5) is 75.5. The highest BCUT2D eigenvalue weighted by Crippen LogP contribution is 2.48. The number of esters is 2. The van der Waals surface area contributed by atoms with Gasteiger partial charge in [0.15, 0.2) is 0 Å². The van der Waals surface area contributed by atoms with Gasteiger partial charge in [-0.05, 0) is 150 Å². The van der Waals surface area contributed by atoms with E-state index in [1.54, 1.807) is 13.8 Å². The summed E-state index contributed by atoms with van der Waals surface area (Å²) in [5, 5.41) is 9.36. The lowest BCUT2D eigenvalue weighted by atomic mass is 9.71. The summed E-state index contributed by atoms with van der Waals surface area (Å²) in [5.41, 5.74) is 7.25. The van der Waals surface area contributed by atoms with E-state index in [1.165, 1.54) is 43.8 Å². The number of hydrogen-bond donors (Lipinski definition) is 0. The first kappa shape index (κ1) is 54.2. The SMILES string of the molecule is CC(C)C(=O)CC1CCC(CC(=O)C(C)C)c2cc3cc4cc5c(cc4cc3cc21)C(CC(=O)C(C)C)CCC5CC(=O)C(C)C.CCC(=O)OC1Cc2cc3cc4ccccc4cc3cc2CC1OC(=O)CC. The zero-order valence-corrected chi connectivity index (χ0v) is 45.6. The summed E-state index contributed by atoms with van der Waals surface area (Å²) in [6.45, 7) is 19.4. The Morgan fingerprint density at radius 3 is 0.905 bits per heavy atom. The van der Waals surface area contributed by atoms with E-state index < -0.39 is 12.2 Å². The molecule has 0 radical (unpaired) electrons. The molecule has 6 unspecified atom stereocenters.